The van der Waals surface area contributed by atoms with Gasteiger partial charge in [0.15, 0.2) is 0 Å². The Bertz CT molecular complexity index is 532. The van der Waals surface area contributed by atoms with Gasteiger partial charge in [0.1, 0.15) is 0 Å². The van der Waals surface area contributed by atoms with Crippen molar-refractivity contribution in [1.29, 1.82) is 0 Å². The zero-order chi connectivity index (χ0) is 13.8. The van der Waals surface area contributed by atoms with Gasteiger partial charge < -0.3 is 9.88 Å². The van der Waals surface area contributed by atoms with E-state index in [-0.39, 0.29) is 0 Å². The van der Waals surface area contributed by atoms with E-state index in [9.17, 15) is 0 Å². The predicted octanol–water partition coefficient (Wildman–Crippen LogP) is 3.57. The van der Waals surface area contributed by atoms with Crippen LogP contribution < -0.4 is 5.32 Å². The maximum Gasteiger partial charge on any atom is 0.0945 e. The lowest BCUT2D eigenvalue weighted by Gasteiger charge is -2.36. The Kier molecular flexibility index (Phi) is 4.53. The van der Waals surface area contributed by atoms with Gasteiger partial charge in [0.25, 0.3) is 0 Å². The van der Waals surface area contributed by atoms with E-state index in [0.29, 0.717) is 6.04 Å². The predicted molar refractivity (Wildman–Crippen MR) is 84.8 cm³/mol. The average Bonchev–Trinajstić information content (AvgIpc) is 2.89. The van der Waals surface area contributed by atoms with Crippen LogP contribution in [0.4, 0.5) is 0 Å². The van der Waals surface area contributed by atoms with E-state index in [1.807, 2.05) is 18.7 Å². The standard InChI is InChI=1S/C16H20BrN3/c17-15-4-1-3-13(9-15)14-10-16(11-14)19-5-2-7-20-8-6-18-12-20/h1,3-4,6,8-9,12,14,16,19H,2,5,7,10-11H2. The van der Waals surface area contributed by atoms with Crippen LogP contribution in [0.3, 0.4) is 0 Å². The van der Waals surface area contributed by atoms with E-state index in [1.54, 1.807) is 0 Å². The molecule has 0 spiro atoms. The molecular formula is C16H20BrN3. The first-order valence-electron chi connectivity index (χ1n) is 7.26. The second-order valence-electron chi connectivity index (χ2n) is 5.53. The minimum atomic E-state index is 0.696. The third-order valence-electron chi connectivity index (χ3n) is 4.04. The van der Waals surface area contributed by atoms with Crippen molar-refractivity contribution in [2.45, 2.75) is 37.8 Å². The van der Waals surface area contributed by atoms with Crippen LogP contribution in [0.15, 0.2) is 47.5 Å². The highest BCUT2D eigenvalue weighted by Gasteiger charge is 2.29. The normalized spacial score (nSPS) is 21.6. The van der Waals surface area contributed by atoms with Crippen molar-refractivity contribution in [3.63, 3.8) is 0 Å². The molecule has 1 aliphatic carbocycles. The van der Waals surface area contributed by atoms with Gasteiger partial charge in [-0.05, 0) is 49.4 Å². The molecule has 20 heavy (non-hydrogen) atoms. The molecule has 0 amide bonds. The van der Waals surface area contributed by atoms with Crippen LogP contribution in [0.2, 0.25) is 0 Å². The smallest absolute Gasteiger partial charge is 0.0945 e. The van der Waals surface area contributed by atoms with Gasteiger partial charge in [-0.1, -0.05) is 28.1 Å². The van der Waals surface area contributed by atoms with Crippen molar-refractivity contribution in [2.75, 3.05) is 6.54 Å². The summed E-state index contributed by atoms with van der Waals surface area (Å²) in [4.78, 5) is 4.05. The highest BCUT2D eigenvalue weighted by Crippen LogP contribution is 2.37. The van der Waals surface area contributed by atoms with Gasteiger partial charge in [0.2, 0.25) is 0 Å². The Morgan fingerprint density at radius 3 is 3.00 bits per heavy atom. The first-order chi connectivity index (χ1) is 9.81. The van der Waals surface area contributed by atoms with Crippen molar-refractivity contribution in [3.8, 4) is 0 Å². The number of aryl methyl sites for hydroxylation is 1. The van der Waals surface area contributed by atoms with Crippen molar-refractivity contribution in [1.82, 2.24) is 14.9 Å². The number of benzene rings is 1. The molecule has 0 atom stereocenters. The summed E-state index contributed by atoms with van der Waals surface area (Å²) >= 11 is 3.55. The summed E-state index contributed by atoms with van der Waals surface area (Å²) in [5.41, 5.74) is 1.47. The molecule has 4 heteroatoms. The second-order valence-corrected chi connectivity index (χ2v) is 6.44. The third kappa shape index (κ3) is 3.49. The Morgan fingerprint density at radius 2 is 2.25 bits per heavy atom. The van der Waals surface area contributed by atoms with Crippen molar-refractivity contribution >= 4 is 15.9 Å². The van der Waals surface area contributed by atoms with Gasteiger partial charge in [-0.3, -0.25) is 0 Å². The second kappa shape index (κ2) is 6.55. The van der Waals surface area contributed by atoms with Gasteiger partial charge in [0, 0.05) is 29.5 Å². The maximum absolute atomic E-state index is 4.05. The number of rotatable bonds is 6. The summed E-state index contributed by atoms with van der Waals surface area (Å²) in [5.74, 6) is 0.735. The Labute approximate surface area is 128 Å². The summed E-state index contributed by atoms with van der Waals surface area (Å²) in [5, 5.41) is 3.65. The summed E-state index contributed by atoms with van der Waals surface area (Å²) in [6.45, 7) is 2.14. The van der Waals surface area contributed by atoms with E-state index in [1.165, 1.54) is 22.9 Å². The van der Waals surface area contributed by atoms with Crippen LogP contribution >= 0.6 is 15.9 Å². The minimum Gasteiger partial charge on any atom is -0.337 e. The molecule has 1 aliphatic rings. The molecule has 0 aliphatic heterocycles. The van der Waals surface area contributed by atoms with Gasteiger partial charge >= 0.3 is 0 Å². The lowest BCUT2D eigenvalue weighted by atomic mass is 9.76. The molecule has 1 aromatic heterocycles. The topological polar surface area (TPSA) is 29.9 Å². The number of aromatic nitrogens is 2. The quantitative estimate of drug-likeness (QED) is 0.819. The number of hydrogen-bond acceptors (Lipinski definition) is 2. The van der Waals surface area contributed by atoms with Crippen LogP contribution in [-0.2, 0) is 6.54 Å². The average molecular weight is 334 g/mol. The van der Waals surface area contributed by atoms with Crippen molar-refractivity contribution in [2.24, 2.45) is 0 Å². The maximum atomic E-state index is 4.05. The Hall–Kier alpha value is -1.13. The first-order valence-corrected chi connectivity index (χ1v) is 8.05. The van der Waals surface area contributed by atoms with Crippen LogP contribution in [0.1, 0.15) is 30.7 Å². The van der Waals surface area contributed by atoms with Crippen LogP contribution in [0.25, 0.3) is 0 Å². The summed E-state index contributed by atoms with van der Waals surface area (Å²) < 4.78 is 3.32. The van der Waals surface area contributed by atoms with Crippen molar-refractivity contribution in [3.05, 3.63) is 53.0 Å². The molecule has 1 saturated carbocycles. The van der Waals surface area contributed by atoms with Gasteiger partial charge in [-0.15, -0.1) is 0 Å². The zero-order valence-electron chi connectivity index (χ0n) is 11.5. The molecule has 1 heterocycles. The molecule has 1 aromatic carbocycles. The van der Waals surface area contributed by atoms with Crippen molar-refractivity contribution < 1.29 is 0 Å². The number of imidazole rings is 1. The highest BCUT2D eigenvalue weighted by atomic mass is 79.9. The van der Waals surface area contributed by atoms with Crippen LogP contribution in [-0.4, -0.2) is 22.1 Å². The zero-order valence-corrected chi connectivity index (χ0v) is 13.1. The van der Waals surface area contributed by atoms with Gasteiger partial charge in [-0.2, -0.15) is 0 Å². The fourth-order valence-electron chi connectivity index (χ4n) is 2.80. The molecule has 106 valence electrons. The molecule has 0 bridgehead atoms. The van der Waals surface area contributed by atoms with E-state index >= 15 is 0 Å². The summed E-state index contributed by atoms with van der Waals surface area (Å²) in [7, 11) is 0. The lowest BCUT2D eigenvalue weighted by Crippen LogP contribution is -2.40. The summed E-state index contributed by atoms with van der Waals surface area (Å²) in [6.07, 6.45) is 9.43. The monoisotopic (exact) mass is 333 g/mol. The fraction of sp³-hybridized carbons (Fsp3) is 0.438. The number of halogens is 1. The van der Waals surface area contributed by atoms with E-state index in [2.05, 4.69) is 55.1 Å². The lowest BCUT2D eigenvalue weighted by molar-refractivity contribution is 0.289. The molecule has 0 radical (unpaired) electrons. The molecule has 0 saturated heterocycles. The molecular weight excluding hydrogens is 314 g/mol. The van der Waals surface area contributed by atoms with Crippen LogP contribution in [0, 0.1) is 0 Å². The molecule has 1 N–H and O–H groups in total. The molecule has 3 nitrogen and oxygen atoms in total. The first kappa shape index (κ1) is 13.8. The van der Waals surface area contributed by atoms with Crippen LogP contribution in [0.5, 0.6) is 0 Å². The molecule has 1 fully saturated rings. The molecule has 2 aromatic rings. The molecule has 3 rings (SSSR count). The van der Waals surface area contributed by atoms with E-state index in [0.717, 1.165) is 25.4 Å². The Morgan fingerprint density at radius 1 is 1.35 bits per heavy atom. The largest absolute Gasteiger partial charge is 0.337 e. The summed E-state index contributed by atoms with van der Waals surface area (Å²) in [6, 6.07) is 9.41. The van der Waals surface area contributed by atoms with E-state index in [4.69, 9.17) is 0 Å². The number of hydrogen-bond donors (Lipinski definition) is 1. The van der Waals surface area contributed by atoms with E-state index < -0.39 is 0 Å². The SMILES string of the molecule is Brc1cccc(C2CC(NCCCn3ccnc3)C2)c1. The van der Waals surface area contributed by atoms with Gasteiger partial charge in [0.05, 0.1) is 6.33 Å². The molecule has 0 unspecified atom stereocenters. The fourth-order valence-corrected chi connectivity index (χ4v) is 3.22. The third-order valence-corrected chi connectivity index (χ3v) is 4.54. The number of nitrogens with zero attached hydrogens (tertiary/aromatic N) is 2. The number of nitrogens with one attached hydrogen (secondary N) is 1. The van der Waals surface area contributed by atoms with Gasteiger partial charge in [-0.25, -0.2) is 4.98 Å². The minimum absolute atomic E-state index is 0.696. The Balaban J connectivity index is 1.34. The highest BCUT2D eigenvalue weighted by molar-refractivity contribution is 9.10.